The lowest BCUT2D eigenvalue weighted by atomic mass is 10.1. The summed E-state index contributed by atoms with van der Waals surface area (Å²) in [5, 5.41) is 2.24. The van der Waals surface area contributed by atoms with E-state index in [1.165, 1.54) is 25.3 Å². The molecule has 0 aliphatic rings. The number of methoxy groups -OCH3 is 1. The van der Waals surface area contributed by atoms with Crippen molar-refractivity contribution in [3.8, 4) is 0 Å². The van der Waals surface area contributed by atoms with Crippen molar-refractivity contribution in [2.24, 2.45) is 0 Å². The maximum atomic E-state index is 12.5. The number of hydrogen-bond acceptors (Lipinski definition) is 4. The summed E-state index contributed by atoms with van der Waals surface area (Å²) >= 11 is 5.93. The summed E-state index contributed by atoms with van der Waals surface area (Å²) in [6, 6.07) is 17.5. The quantitative estimate of drug-likeness (QED) is 0.674. The lowest BCUT2D eigenvalue weighted by Gasteiger charge is -2.10. The molecule has 1 N–H and O–H groups in total. The van der Waals surface area contributed by atoms with Crippen LogP contribution in [0.25, 0.3) is 10.8 Å². The number of carbonyl (C=O) groups excluding carboxylic acids is 1. The second-order valence-electron chi connectivity index (χ2n) is 5.64. The first-order valence-corrected chi connectivity index (χ1v) is 9.62. The molecular weight excluding hydrogens is 374 g/mol. The predicted octanol–water partition coefficient (Wildman–Crippen LogP) is 3.76. The highest BCUT2D eigenvalue weighted by Gasteiger charge is 2.19. The minimum Gasteiger partial charge on any atom is -0.465 e. The fourth-order valence-electron chi connectivity index (χ4n) is 2.55. The number of ether oxygens (including phenoxy) is 1. The Labute approximate surface area is 156 Å². The largest absolute Gasteiger partial charge is 0.465 e. The third-order valence-corrected chi connectivity index (χ3v) is 5.66. The standard InChI is InChI=1S/C19H16ClNO4S/c1-25-19(22)17-11-16(8-9-18(17)20)26(23,24)21-12-13-6-7-14-4-2-3-5-15(14)10-13/h2-11,21H,12H2,1H3. The Morgan fingerprint density at radius 3 is 2.50 bits per heavy atom. The van der Waals surface area contributed by atoms with Crippen molar-refractivity contribution >= 4 is 38.4 Å². The van der Waals surface area contributed by atoms with E-state index in [2.05, 4.69) is 9.46 Å². The number of nitrogens with one attached hydrogen (secondary N) is 1. The molecule has 0 spiro atoms. The second-order valence-corrected chi connectivity index (χ2v) is 7.81. The molecule has 0 aliphatic carbocycles. The lowest BCUT2D eigenvalue weighted by Crippen LogP contribution is -2.23. The zero-order valence-electron chi connectivity index (χ0n) is 13.9. The number of benzene rings is 3. The molecule has 0 bridgehead atoms. The van der Waals surface area contributed by atoms with E-state index in [0.29, 0.717) is 0 Å². The molecular formula is C19H16ClNO4S. The van der Waals surface area contributed by atoms with E-state index in [9.17, 15) is 13.2 Å². The molecule has 0 aliphatic heterocycles. The summed E-state index contributed by atoms with van der Waals surface area (Å²) in [6.45, 7) is 0.128. The first-order chi connectivity index (χ1) is 12.4. The first-order valence-electron chi connectivity index (χ1n) is 7.76. The molecule has 134 valence electrons. The minimum atomic E-state index is -3.81. The highest BCUT2D eigenvalue weighted by Crippen LogP contribution is 2.22. The molecule has 0 amide bonds. The van der Waals surface area contributed by atoms with Crippen molar-refractivity contribution in [1.29, 1.82) is 0 Å². The molecule has 3 aromatic rings. The smallest absolute Gasteiger partial charge is 0.339 e. The lowest BCUT2D eigenvalue weighted by molar-refractivity contribution is 0.0600. The molecule has 0 saturated heterocycles. The summed E-state index contributed by atoms with van der Waals surface area (Å²) in [4.78, 5) is 11.6. The fraction of sp³-hybridized carbons (Fsp3) is 0.105. The summed E-state index contributed by atoms with van der Waals surface area (Å²) in [6.07, 6.45) is 0. The first kappa shape index (κ1) is 18.4. The van der Waals surface area contributed by atoms with E-state index < -0.39 is 16.0 Å². The van der Waals surface area contributed by atoms with Crippen molar-refractivity contribution in [3.63, 3.8) is 0 Å². The number of hydrogen-bond donors (Lipinski definition) is 1. The van der Waals surface area contributed by atoms with Crippen molar-refractivity contribution in [3.05, 3.63) is 76.8 Å². The number of rotatable bonds is 5. The maximum absolute atomic E-state index is 12.5. The average Bonchev–Trinajstić information content (AvgIpc) is 2.66. The topological polar surface area (TPSA) is 72.5 Å². The van der Waals surface area contributed by atoms with Gasteiger partial charge >= 0.3 is 5.97 Å². The van der Waals surface area contributed by atoms with Crippen LogP contribution < -0.4 is 4.72 Å². The van der Waals surface area contributed by atoms with Crippen molar-refractivity contribution in [2.45, 2.75) is 11.4 Å². The molecule has 0 radical (unpaired) electrons. The fourth-order valence-corrected chi connectivity index (χ4v) is 3.79. The molecule has 26 heavy (non-hydrogen) atoms. The maximum Gasteiger partial charge on any atom is 0.339 e. The van der Waals surface area contributed by atoms with Gasteiger partial charge in [-0.25, -0.2) is 17.9 Å². The SMILES string of the molecule is COC(=O)c1cc(S(=O)(=O)NCc2ccc3ccccc3c2)ccc1Cl. The average molecular weight is 390 g/mol. The molecule has 0 saturated carbocycles. The normalized spacial score (nSPS) is 11.5. The van der Waals surface area contributed by atoms with Gasteiger partial charge in [-0.1, -0.05) is 48.0 Å². The van der Waals surface area contributed by atoms with Gasteiger partial charge in [0.15, 0.2) is 0 Å². The van der Waals surface area contributed by atoms with E-state index in [-0.39, 0.29) is 22.0 Å². The van der Waals surface area contributed by atoms with E-state index in [0.717, 1.165) is 16.3 Å². The Hall–Kier alpha value is -2.41. The van der Waals surface area contributed by atoms with Crippen molar-refractivity contribution in [1.82, 2.24) is 4.72 Å². The Kier molecular flexibility index (Phi) is 5.27. The van der Waals surface area contributed by atoms with Crippen molar-refractivity contribution < 1.29 is 17.9 Å². The minimum absolute atomic E-state index is 0.00254. The van der Waals surface area contributed by atoms with Gasteiger partial charge in [0.25, 0.3) is 0 Å². The third-order valence-electron chi connectivity index (χ3n) is 3.93. The molecule has 0 unspecified atom stereocenters. The molecule has 0 heterocycles. The zero-order chi connectivity index (χ0) is 18.7. The van der Waals surface area contributed by atoms with Crippen LogP contribution in [0.3, 0.4) is 0 Å². The van der Waals surface area contributed by atoms with Gasteiger partial charge in [0.2, 0.25) is 10.0 Å². The van der Waals surface area contributed by atoms with Crippen LogP contribution >= 0.6 is 11.6 Å². The molecule has 0 fully saturated rings. The zero-order valence-corrected chi connectivity index (χ0v) is 15.5. The summed E-state index contributed by atoms with van der Waals surface area (Å²) in [5.74, 6) is -0.693. The highest BCUT2D eigenvalue weighted by molar-refractivity contribution is 7.89. The van der Waals surface area contributed by atoms with Crippen LogP contribution in [0.1, 0.15) is 15.9 Å². The van der Waals surface area contributed by atoms with Crippen LogP contribution in [0.4, 0.5) is 0 Å². The van der Waals surface area contributed by atoms with Crippen LogP contribution in [0.5, 0.6) is 0 Å². The van der Waals surface area contributed by atoms with Gasteiger partial charge in [0, 0.05) is 6.54 Å². The van der Waals surface area contributed by atoms with Crippen LogP contribution in [0.15, 0.2) is 65.6 Å². The van der Waals surface area contributed by atoms with Gasteiger partial charge in [-0.3, -0.25) is 0 Å². The van der Waals surface area contributed by atoms with E-state index in [1.54, 1.807) is 0 Å². The van der Waals surface area contributed by atoms with Gasteiger partial charge in [-0.2, -0.15) is 0 Å². The number of carbonyl (C=O) groups is 1. The van der Waals surface area contributed by atoms with Gasteiger partial charge in [0.05, 0.1) is 22.6 Å². The monoisotopic (exact) mass is 389 g/mol. The van der Waals surface area contributed by atoms with Crippen LogP contribution in [-0.4, -0.2) is 21.5 Å². The number of esters is 1. The van der Waals surface area contributed by atoms with E-state index in [4.69, 9.17) is 11.6 Å². The molecule has 5 nitrogen and oxygen atoms in total. The Morgan fingerprint density at radius 1 is 1.04 bits per heavy atom. The summed E-state index contributed by atoms with van der Waals surface area (Å²) in [7, 11) is -2.60. The van der Waals surface area contributed by atoms with Gasteiger partial charge < -0.3 is 4.74 Å². The number of fused-ring (bicyclic) bond motifs is 1. The van der Waals surface area contributed by atoms with Crippen LogP contribution in [-0.2, 0) is 21.3 Å². The molecule has 3 rings (SSSR count). The van der Waals surface area contributed by atoms with E-state index >= 15 is 0 Å². The van der Waals surface area contributed by atoms with Crippen molar-refractivity contribution in [2.75, 3.05) is 7.11 Å². The Morgan fingerprint density at radius 2 is 1.77 bits per heavy atom. The van der Waals surface area contributed by atoms with E-state index in [1.807, 2.05) is 42.5 Å². The third kappa shape index (κ3) is 3.88. The molecule has 3 aromatic carbocycles. The molecule has 7 heteroatoms. The Bertz CT molecular complexity index is 1080. The van der Waals surface area contributed by atoms with Crippen LogP contribution in [0.2, 0.25) is 5.02 Å². The number of sulfonamides is 1. The Balaban J connectivity index is 1.83. The predicted molar refractivity (Wildman–Crippen MR) is 101 cm³/mol. The molecule has 0 atom stereocenters. The summed E-state index contributed by atoms with van der Waals surface area (Å²) < 4.78 is 32.2. The second kappa shape index (κ2) is 7.45. The van der Waals surface area contributed by atoms with Gasteiger partial charge in [-0.05, 0) is 40.6 Å². The van der Waals surface area contributed by atoms with Gasteiger partial charge in [0.1, 0.15) is 0 Å². The van der Waals surface area contributed by atoms with Crippen LogP contribution in [0, 0.1) is 0 Å². The van der Waals surface area contributed by atoms with Gasteiger partial charge in [-0.15, -0.1) is 0 Å². The summed E-state index contributed by atoms with van der Waals surface area (Å²) in [5.41, 5.74) is 0.831. The number of halogens is 1. The highest BCUT2D eigenvalue weighted by atomic mass is 35.5. The molecule has 0 aromatic heterocycles.